The molecule has 13 heteroatoms. The summed E-state index contributed by atoms with van der Waals surface area (Å²) in [6, 6.07) is 4.88. The van der Waals surface area contributed by atoms with Crippen LogP contribution in [-0.2, 0) is 4.79 Å². The van der Waals surface area contributed by atoms with E-state index in [9.17, 15) is 9.18 Å². The third-order valence-corrected chi connectivity index (χ3v) is 8.60. The van der Waals surface area contributed by atoms with Gasteiger partial charge in [0.15, 0.2) is 10.9 Å². The molecule has 2 aromatic heterocycles. The van der Waals surface area contributed by atoms with Crippen molar-refractivity contribution in [3.63, 3.8) is 0 Å². The lowest BCUT2D eigenvalue weighted by Gasteiger charge is -2.34. The van der Waals surface area contributed by atoms with Gasteiger partial charge in [-0.2, -0.15) is 9.97 Å². The van der Waals surface area contributed by atoms with Crippen molar-refractivity contribution in [2.24, 2.45) is 0 Å². The number of thiazole rings is 1. The van der Waals surface area contributed by atoms with Gasteiger partial charge in [-0.25, -0.2) is 13.8 Å². The number of amides is 1. The minimum absolute atomic E-state index is 0.0112. The van der Waals surface area contributed by atoms with E-state index in [-0.39, 0.29) is 49.8 Å². The van der Waals surface area contributed by atoms with Gasteiger partial charge in [-0.15, -0.1) is 0 Å². The Labute approximate surface area is 238 Å². The topological polar surface area (TPSA) is 110 Å². The molecule has 1 amide bonds. The molecule has 2 bridgehead atoms. The molecular formula is C27H28ClF2N7O2S. The molecule has 3 unspecified atom stereocenters. The number of carbonyl (C=O) groups excluding carboxylic acids is 1. The van der Waals surface area contributed by atoms with Crippen LogP contribution in [0.5, 0.6) is 6.01 Å². The van der Waals surface area contributed by atoms with Crippen LogP contribution in [0.25, 0.3) is 32.2 Å². The average molecular weight is 588 g/mol. The van der Waals surface area contributed by atoms with E-state index in [4.69, 9.17) is 27.1 Å². The van der Waals surface area contributed by atoms with Crippen molar-refractivity contribution in [1.29, 1.82) is 0 Å². The summed E-state index contributed by atoms with van der Waals surface area (Å²) in [6.45, 7) is 3.12. The van der Waals surface area contributed by atoms with E-state index in [0.717, 1.165) is 24.2 Å². The van der Waals surface area contributed by atoms with E-state index >= 15 is 4.39 Å². The number of piperazine rings is 1. The number of rotatable bonds is 6. The van der Waals surface area contributed by atoms with Gasteiger partial charge in [0.2, 0.25) is 5.91 Å². The molecule has 0 saturated carbocycles. The summed E-state index contributed by atoms with van der Waals surface area (Å²) in [4.78, 5) is 29.2. The van der Waals surface area contributed by atoms with Gasteiger partial charge in [0.25, 0.3) is 0 Å². The highest BCUT2D eigenvalue weighted by atomic mass is 35.5. The Morgan fingerprint density at radius 3 is 2.65 bits per heavy atom. The summed E-state index contributed by atoms with van der Waals surface area (Å²) in [5, 5.41) is 4.30. The van der Waals surface area contributed by atoms with Crippen LogP contribution in [0.1, 0.15) is 26.2 Å². The van der Waals surface area contributed by atoms with Crippen LogP contribution in [-0.4, -0.2) is 71.1 Å². The number of aromatic nitrogens is 3. The molecule has 2 fully saturated rings. The highest BCUT2D eigenvalue weighted by molar-refractivity contribution is 7.22. The molecule has 2 aliphatic rings. The van der Waals surface area contributed by atoms with E-state index in [1.165, 1.54) is 17.0 Å². The number of hydrogen-bond acceptors (Lipinski definition) is 9. The van der Waals surface area contributed by atoms with Gasteiger partial charge in [0, 0.05) is 55.8 Å². The molecule has 2 aromatic carbocycles. The van der Waals surface area contributed by atoms with Gasteiger partial charge in [0.1, 0.15) is 23.3 Å². The largest absolute Gasteiger partial charge is 0.460 e. The van der Waals surface area contributed by atoms with Gasteiger partial charge >= 0.3 is 6.01 Å². The lowest BCUT2D eigenvalue weighted by atomic mass is 10.0. The fourth-order valence-corrected chi connectivity index (χ4v) is 6.57. The van der Waals surface area contributed by atoms with Gasteiger partial charge in [-0.3, -0.25) is 4.79 Å². The van der Waals surface area contributed by atoms with E-state index < -0.39 is 17.7 Å². The highest BCUT2D eigenvalue weighted by Gasteiger charge is 2.34. The van der Waals surface area contributed by atoms with Crippen LogP contribution >= 0.6 is 22.9 Å². The molecule has 2 saturated heterocycles. The Bertz CT molecular complexity index is 1640. The Balaban J connectivity index is 1.51. The predicted octanol–water partition coefficient (Wildman–Crippen LogP) is 4.61. The second-order valence-electron chi connectivity index (χ2n) is 10.6. The molecule has 3 atom stereocenters. The maximum Gasteiger partial charge on any atom is 0.319 e. The highest BCUT2D eigenvalue weighted by Crippen LogP contribution is 2.43. The molecule has 3 N–H and O–H groups in total. The summed E-state index contributed by atoms with van der Waals surface area (Å²) >= 11 is 7.72. The first kappa shape index (κ1) is 26.9. The van der Waals surface area contributed by atoms with Crippen LogP contribution < -0.4 is 20.7 Å². The Morgan fingerprint density at radius 2 is 1.95 bits per heavy atom. The minimum Gasteiger partial charge on any atom is -0.460 e. The van der Waals surface area contributed by atoms with Crippen molar-refractivity contribution in [3.8, 4) is 17.1 Å². The Hall–Kier alpha value is -3.35. The van der Waals surface area contributed by atoms with E-state index in [1.807, 2.05) is 0 Å². The summed E-state index contributed by atoms with van der Waals surface area (Å²) in [5.74, 6) is -0.805. The molecule has 6 rings (SSSR count). The molecule has 4 aromatic rings. The fourth-order valence-electron chi connectivity index (χ4n) is 5.51. The summed E-state index contributed by atoms with van der Waals surface area (Å²) < 4.78 is 37.2. The monoisotopic (exact) mass is 587 g/mol. The molecule has 0 aliphatic carbocycles. The zero-order valence-electron chi connectivity index (χ0n) is 22.2. The molecular weight excluding hydrogens is 560 g/mol. The number of fused-ring (bicyclic) bond motifs is 4. The van der Waals surface area contributed by atoms with Gasteiger partial charge < -0.3 is 25.6 Å². The van der Waals surface area contributed by atoms with Gasteiger partial charge in [-0.05, 0) is 38.0 Å². The molecule has 0 radical (unpaired) electrons. The smallest absolute Gasteiger partial charge is 0.319 e. The lowest BCUT2D eigenvalue weighted by molar-refractivity contribution is -0.130. The first-order chi connectivity index (χ1) is 19.1. The number of hydrogen-bond donors (Lipinski definition) is 2. The van der Waals surface area contributed by atoms with E-state index in [1.54, 1.807) is 27.1 Å². The quantitative estimate of drug-likeness (QED) is 0.337. The summed E-state index contributed by atoms with van der Waals surface area (Å²) in [7, 11) is 3.34. The number of carbonyl (C=O) groups is 1. The lowest BCUT2D eigenvalue weighted by Crippen LogP contribution is -2.51. The molecule has 4 heterocycles. The van der Waals surface area contributed by atoms with E-state index in [0.29, 0.717) is 41.9 Å². The van der Waals surface area contributed by atoms with Crippen LogP contribution in [0.2, 0.25) is 5.02 Å². The number of nitrogens with two attached hydrogens (primary N) is 1. The maximum absolute atomic E-state index is 16.5. The third-order valence-electron chi connectivity index (χ3n) is 7.41. The molecule has 40 heavy (non-hydrogen) atoms. The predicted molar refractivity (Wildman–Crippen MR) is 153 cm³/mol. The second-order valence-corrected chi connectivity index (χ2v) is 12.0. The van der Waals surface area contributed by atoms with Crippen molar-refractivity contribution >= 4 is 60.9 Å². The van der Waals surface area contributed by atoms with Crippen molar-refractivity contribution in [3.05, 3.63) is 34.9 Å². The summed E-state index contributed by atoms with van der Waals surface area (Å²) in [6.07, 6.45) is 1.65. The van der Waals surface area contributed by atoms with Crippen molar-refractivity contribution in [1.82, 2.24) is 25.2 Å². The second kappa shape index (κ2) is 10.2. The third kappa shape index (κ3) is 4.77. The number of anilines is 2. The standard InChI is InChI=1S/C27H28ClF2N7O2S/c1-12(8-19(38)36(2)3)39-27-34-22-16(25(35-27)37-10-13-4-5-14(11-37)32-13)9-17(28)20(21(22)30)15-6-7-18(29)24-23(15)33-26(31)40-24/h6-7,9,12-14,32H,4-5,8,10-11H2,1-3H3,(H2,31,33). The molecule has 9 nitrogen and oxygen atoms in total. The fraction of sp³-hybridized carbons (Fsp3) is 0.407. The first-order valence-corrected chi connectivity index (χ1v) is 14.2. The summed E-state index contributed by atoms with van der Waals surface area (Å²) in [5.41, 5.74) is 6.44. The average Bonchev–Trinajstić information content (AvgIpc) is 3.46. The zero-order valence-corrected chi connectivity index (χ0v) is 23.7. The van der Waals surface area contributed by atoms with Crippen LogP contribution in [0.15, 0.2) is 18.2 Å². The zero-order chi connectivity index (χ0) is 28.3. The van der Waals surface area contributed by atoms with Crippen LogP contribution in [0.4, 0.5) is 19.7 Å². The number of nitrogen functional groups attached to an aromatic ring is 1. The van der Waals surface area contributed by atoms with Crippen molar-refractivity contribution < 1.29 is 18.3 Å². The number of ether oxygens (including phenoxy) is 1. The maximum atomic E-state index is 16.5. The SMILES string of the molecule is CC(CC(=O)N(C)C)Oc1nc(N2CC3CCC(C2)N3)c2cc(Cl)c(-c3ccc(F)c4sc(N)nc34)c(F)c2n1. The number of halogens is 3. The van der Waals surface area contributed by atoms with Gasteiger partial charge in [0.05, 0.1) is 21.7 Å². The molecule has 2 aliphatic heterocycles. The van der Waals surface area contributed by atoms with Crippen LogP contribution in [0, 0.1) is 11.6 Å². The van der Waals surface area contributed by atoms with Crippen molar-refractivity contribution in [2.45, 2.75) is 44.4 Å². The van der Waals surface area contributed by atoms with Crippen LogP contribution in [0.3, 0.4) is 0 Å². The number of benzene rings is 2. The Kier molecular flexibility index (Phi) is 6.87. The van der Waals surface area contributed by atoms with E-state index in [2.05, 4.69) is 20.2 Å². The van der Waals surface area contributed by atoms with Crippen molar-refractivity contribution in [2.75, 3.05) is 37.8 Å². The number of nitrogens with zero attached hydrogens (tertiary/aromatic N) is 5. The van der Waals surface area contributed by atoms with Gasteiger partial charge in [-0.1, -0.05) is 22.9 Å². The first-order valence-electron chi connectivity index (χ1n) is 13.0. The minimum atomic E-state index is -0.703. The molecule has 210 valence electrons. The Morgan fingerprint density at radius 1 is 1.23 bits per heavy atom. The molecule has 0 spiro atoms. The number of nitrogens with one attached hydrogen (secondary N) is 1. The normalized spacial score (nSPS) is 19.4.